The first-order valence-corrected chi connectivity index (χ1v) is 13.4. The van der Waals surface area contributed by atoms with Gasteiger partial charge in [-0.3, -0.25) is 14.4 Å². The van der Waals surface area contributed by atoms with E-state index in [0.29, 0.717) is 29.8 Å². The van der Waals surface area contributed by atoms with Crippen LogP contribution in [0.4, 0.5) is 24.5 Å². The number of methoxy groups -OCH3 is 2. The summed E-state index contributed by atoms with van der Waals surface area (Å²) in [5, 5.41) is 2.71. The third-order valence-electron chi connectivity index (χ3n) is 8.23. The molecule has 5 rings (SSSR count). The first-order valence-electron chi connectivity index (χ1n) is 13.4. The van der Waals surface area contributed by atoms with Crippen LogP contribution < -0.4 is 19.7 Å². The first kappa shape index (κ1) is 29.0. The van der Waals surface area contributed by atoms with Crippen molar-refractivity contribution in [2.75, 3.05) is 44.1 Å². The number of carbonyl (C=O) groups excluding carboxylic acids is 3. The number of piperidine rings is 1. The Balaban J connectivity index is 1.39. The molecular weight excluding hydrogens is 551 g/mol. The molecule has 42 heavy (non-hydrogen) atoms. The molecule has 0 aromatic heterocycles. The highest BCUT2D eigenvalue weighted by molar-refractivity contribution is 6.39. The van der Waals surface area contributed by atoms with Gasteiger partial charge in [-0.2, -0.15) is 4.39 Å². The minimum absolute atomic E-state index is 0.0721. The maximum Gasteiger partial charge on any atom is 0.313 e. The lowest BCUT2D eigenvalue weighted by atomic mass is 9.74. The van der Waals surface area contributed by atoms with Crippen LogP contribution >= 0.6 is 0 Å². The molecule has 3 aromatic rings. The quantitative estimate of drug-likeness (QED) is 0.443. The fourth-order valence-corrected chi connectivity index (χ4v) is 5.93. The van der Waals surface area contributed by atoms with Crippen LogP contribution in [-0.4, -0.2) is 56.5 Å². The van der Waals surface area contributed by atoms with Crippen LogP contribution in [0.25, 0.3) is 0 Å². The molecule has 0 unspecified atom stereocenters. The number of halogens is 3. The van der Waals surface area contributed by atoms with Crippen LogP contribution in [0.2, 0.25) is 0 Å². The number of fused-ring (bicyclic) bond motifs is 2. The van der Waals surface area contributed by atoms with Crippen molar-refractivity contribution in [3.8, 4) is 11.5 Å². The third kappa shape index (κ3) is 4.82. The van der Waals surface area contributed by atoms with Gasteiger partial charge < -0.3 is 24.6 Å². The molecule has 2 aliphatic heterocycles. The summed E-state index contributed by atoms with van der Waals surface area (Å²) in [6, 6.07) is 10.5. The zero-order chi connectivity index (χ0) is 30.3. The maximum atomic E-state index is 15.2. The van der Waals surface area contributed by atoms with E-state index in [1.165, 1.54) is 35.1 Å². The number of rotatable bonds is 4. The van der Waals surface area contributed by atoms with E-state index in [1.54, 1.807) is 0 Å². The second-order valence-electron chi connectivity index (χ2n) is 10.6. The van der Waals surface area contributed by atoms with Gasteiger partial charge in [0.2, 0.25) is 5.82 Å². The lowest BCUT2D eigenvalue weighted by Crippen LogP contribution is -2.50. The van der Waals surface area contributed by atoms with Crippen molar-refractivity contribution in [1.82, 2.24) is 4.90 Å². The van der Waals surface area contributed by atoms with Gasteiger partial charge in [-0.25, -0.2) is 8.78 Å². The number of carbonyl (C=O) groups is 3. The normalized spacial score (nSPS) is 15.4. The second-order valence-corrected chi connectivity index (χ2v) is 10.6. The Labute approximate surface area is 241 Å². The highest BCUT2D eigenvalue weighted by Gasteiger charge is 2.48. The summed E-state index contributed by atoms with van der Waals surface area (Å²) in [6.07, 6.45) is 0.655. The lowest BCUT2D eigenvalue weighted by Gasteiger charge is -2.39. The van der Waals surface area contributed by atoms with E-state index in [0.717, 1.165) is 24.3 Å². The Morgan fingerprint density at radius 3 is 2.19 bits per heavy atom. The van der Waals surface area contributed by atoms with E-state index in [-0.39, 0.29) is 25.4 Å². The van der Waals surface area contributed by atoms with E-state index in [4.69, 9.17) is 9.47 Å². The number of hydrogen-bond donors (Lipinski definition) is 1. The second kappa shape index (κ2) is 11.0. The number of ether oxygens (including phenoxy) is 2. The Bertz CT molecular complexity index is 1580. The summed E-state index contributed by atoms with van der Waals surface area (Å²) in [7, 11) is 2.26. The summed E-state index contributed by atoms with van der Waals surface area (Å²) in [6.45, 7) is 4.12. The number of nitrogens with zero attached hydrogens (tertiary/aromatic N) is 2. The number of para-hydroxylation sites is 1. The van der Waals surface area contributed by atoms with Gasteiger partial charge in [-0.1, -0.05) is 18.2 Å². The van der Waals surface area contributed by atoms with Gasteiger partial charge in [0.15, 0.2) is 17.3 Å². The molecule has 3 amide bonds. The number of aryl methyl sites for hydroxylation is 2. The molecule has 2 aliphatic rings. The predicted octanol–water partition coefficient (Wildman–Crippen LogP) is 4.90. The van der Waals surface area contributed by atoms with Gasteiger partial charge in [0.1, 0.15) is 5.82 Å². The topological polar surface area (TPSA) is 88.2 Å². The van der Waals surface area contributed by atoms with Crippen LogP contribution in [0, 0.1) is 31.3 Å². The fourth-order valence-electron chi connectivity index (χ4n) is 5.93. The third-order valence-corrected chi connectivity index (χ3v) is 8.23. The number of anilines is 2. The van der Waals surface area contributed by atoms with Crippen molar-refractivity contribution >= 4 is 29.1 Å². The molecule has 1 spiro atoms. The molecule has 11 heteroatoms. The Hall–Kier alpha value is -4.54. The van der Waals surface area contributed by atoms with Gasteiger partial charge in [-0.15, -0.1) is 0 Å². The molecule has 3 aromatic carbocycles. The molecule has 1 N–H and O–H groups in total. The van der Waals surface area contributed by atoms with Crippen molar-refractivity contribution in [1.29, 1.82) is 0 Å². The molecule has 0 aliphatic carbocycles. The zero-order valence-corrected chi connectivity index (χ0v) is 23.6. The molecule has 220 valence electrons. The van der Waals surface area contributed by atoms with E-state index < -0.39 is 51.9 Å². The predicted molar refractivity (Wildman–Crippen MR) is 150 cm³/mol. The lowest BCUT2D eigenvalue weighted by molar-refractivity contribution is -0.144. The smallest absolute Gasteiger partial charge is 0.313 e. The van der Waals surface area contributed by atoms with Crippen LogP contribution in [0.1, 0.15) is 39.9 Å². The van der Waals surface area contributed by atoms with Crippen molar-refractivity contribution < 1.29 is 37.0 Å². The summed E-state index contributed by atoms with van der Waals surface area (Å²) in [5.74, 6) is -6.11. The van der Waals surface area contributed by atoms with Crippen molar-refractivity contribution in [2.45, 2.75) is 32.1 Å². The van der Waals surface area contributed by atoms with Gasteiger partial charge in [0.05, 0.1) is 19.8 Å². The largest absolute Gasteiger partial charge is 0.494 e. The average molecular weight is 582 g/mol. The molecular formula is C31H30F3N3O5. The molecule has 0 radical (unpaired) electrons. The minimum Gasteiger partial charge on any atom is -0.494 e. The van der Waals surface area contributed by atoms with Crippen molar-refractivity contribution in [3.05, 3.63) is 82.2 Å². The summed E-state index contributed by atoms with van der Waals surface area (Å²) in [4.78, 5) is 42.4. The SMILES string of the molecule is COc1cc(C(=O)N2CC3(CCN(C(=O)C(=O)Nc4c(C)cccc4C)CC3)c3cc(F)ccc32)c(F)c(OC)c1F. The van der Waals surface area contributed by atoms with Gasteiger partial charge >= 0.3 is 11.8 Å². The summed E-state index contributed by atoms with van der Waals surface area (Å²) in [5.41, 5.74) is 1.96. The fraction of sp³-hybridized carbons (Fsp3) is 0.323. The number of amides is 3. The van der Waals surface area contributed by atoms with Crippen LogP contribution in [0.5, 0.6) is 11.5 Å². The van der Waals surface area contributed by atoms with Gasteiger partial charge in [0.25, 0.3) is 5.91 Å². The Morgan fingerprint density at radius 2 is 1.57 bits per heavy atom. The number of hydrogen-bond acceptors (Lipinski definition) is 5. The summed E-state index contributed by atoms with van der Waals surface area (Å²) < 4.78 is 54.1. The number of nitrogens with one attached hydrogen (secondary N) is 1. The molecule has 8 nitrogen and oxygen atoms in total. The van der Waals surface area contributed by atoms with Crippen LogP contribution in [0.15, 0.2) is 42.5 Å². The number of benzene rings is 3. The monoisotopic (exact) mass is 581 g/mol. The Kier molecular flexibility index (Phi) is 7.61. The zero-order valence-electron chi connectivity index (χ0n) is 23.6. The number of likely N-dealkylation sites (tertiary alicyclic amines) is 1. The molecule has 1 saturated heterocycles. The van der Waals surface area contributed by atoms with Crippen LogP contribution in [0.3, 0.4) is 0 Å². The van der Waals surface area contributed by atoms with E-state index in [1.807, 2.05) is 32.0 Å². The van der Waals surface area contributed by atoms with Crippen molar-refractivity contribution in [2.24, 2.45) is 0 Å². The Morgan fingerprint density at radius 1 is 0.905 bits per heavy atom. The van der Waals surface area contributed by atoms with Gasteiger partial charge in [0, 0.05) is 36.4 Å². The van der Waals surface area contributed by atoms with E-state index in [2.05, 4.69) is 5.32 Å². The molecule has 0 saturated carbocycles. The van der Waals surface area contributed by atoms with E-state index >= 15 is 4.39 Å². The average Bonchev–Trinajstić information content (AvgIpc) is 3.27. The minimum atomic E-state index is -1.18. The highest BCUT2D eigenvalue weighted by Crippen LogP contribution is 2.48. The first-order chi connectivity index (χ1) is 20.0. The van der Waals surface area contributed by atoms with Gasteiger partial charge in [-0.05, 0) is 67.6 Å². The molecule has 2 heterocycles. The maximum absolute atomic E-state index is 15.2. The molecule has 0 bridgehead atoms. The van der Waals surface area contributed by atoms with E-state index in [9.17, 15) is 23.2 Å². The molecule has 1 fully saturated rings. The van der Waals surface area contributed by atoms with Crippen molar-refractivity contribution in [3.63, 3.8) is 0 Å². The summed E-state index contributed by atoms with van der Waals surface area (Å²) >= 11 is 0. The highest BCUT2D eigenvalue weighted by atomic mass is 19.1. The molecule has 0 atom stereocenters. The standard InChI is InChI=1S/C31H30F3N3O5/c1-17-6-5-7-18(2)26(17)35-28(38)30(40)36-12-10-31(11-13-36)16-37(22-9-8-19(32)14-21(22)31)29(39)20-15-23(41-3)25(34)27(42-4)24(20)33/h5-9,14-15H,10-13,16H2,1-4H3,(H,35,38). The van der Waals surface area contributed by atoms with Crippen LogP contribution in [-0.2, 0) is 15.0 Å².